The summed E-state index contributed by atoms with van der Waals surface area (Å²) in [6, 6.07) is 8.03. The van der Waals surface area contributed by atoms with Crippen LogP contribution < -0.4 is 10.0 Å². The average molecular weight is 368 g/mol. The summed E-state index contributed by atoms with van der Waals surface area (Å²) in [5.74, 6) is -0.311. The zero-order chi connectivity index (χ0) is 17.7. The lowest BCUT2D eigenvalue weighted by Crippen LogP contribution is -2.18. The Hall–Kier alpha value is -2.12. The van der Waals surface area contributed by atoms with Crippen LogP contribution in [0, 0.1) is 6.92 Å². The van der Waals surface area contributed by atoms with Crippen LogP contribution in [0.3, 0.4) is 0 Å². The Morgan fingerprint density at radius 1 is 1.25 bits per heavy atom. The third kappa shape index (κ3) is 4.69. The minimum Gasteiger partial charge on any atom is -0.322 e. The van der Waals surface area contributed by atoms with Gasteiger partial charge in [-0.25, -0.2) is 13.4 Å². The summed E-state index contributed by atoms with van der Waals surface area (Å²) in [5.41, 5.74) is 1.95. The van der Waals surface area contributed by atoms with Gasteiger partial charge in [-0.1, -0.05) is 24.6 Å². The first-order valence-corrected chi connectivity index (χ1v) is 9.38. The quantitative estimate of drug-likeness (QED) is 0.765. The highest BCUT2D eigenvalue weighted by Crippen LogP contribution is 2.25. The predicted octanol–water partition coefficient (Wildman–Crippen LogP) is 3.45. The van der Waals surface area contributed by atoms with Crippen LogP contribution in [0.5, 0.6) is 0 Å². The predicted molar refractivity (Wildman–Crippen MR) is 96.1 cm³/mol. The van der Waals surface area contributed by atoms with Crippen molar-refractivity contribution < 1.29 is 13.2 Å². The molecule has 2 rings (SSSR count). The molecular formula is C16H18ClN3O3S. The molecule has 0 fully saturated rings. The highest BCUT2D eigenvalue weighted by Gasteiger charge is 2.14. The lowest BCUT2D eigenvalue weighted by molar-refractivity contribution is 0.102. The number of hydrogen-bond donors (Lipinski definition) is 2. The van der Waals surface area contributed by atoms with Crippen molar-refractivity contribution in [1.29, 1.82) is 0 Å². The van der Waals surface area contributed by atoms with E-state index in [4.69, 9.17) is 11.6 Å². The Balaban J connectivity index is 2.23. The van der Waals surface area contributed by atoms with Gasteiger partial charge >= 0.3 is 0 Å². The standard InChI is InChI=1S/C16H18ClN3O3S/c1-3-9-24(22,23)20-14-6-4-5-13(11(14)2)19-16(21)12-7-8-18-15(17)10-12/h4-8,10,20H,3,9H2,1-2H3,(H,19,21). The van der Waals surface area contributed by atoms with Crippen molar-refractivity contribution in [3.05, 3.63) is 52.8 Å². The lowest BCUT2D eigenvalue weighted by atomic mass is 10.1. The Morgan fingerprint density at radius 2 is 1.96 bits per heavy atom. The highest BCUT2D eigenvalue weighted by molar-refractivity contribution is 7.92. The molecule has 0 aliphatic heterocycles. The smallest absolute Gasteiger partial charge is 0.255 e. The van der Waals surface area contributed by atoms with E-state index in [1.54, 1.807) is 38.1 Å². The van der Waals surface area contributed by atoms with E-state index in [9.17, 15) is 13.2 Å². The van der Waals surface area contributed by atoms with Crippen LogP contribution in [0.25, 0.3) is 0 Å². The van der Waals surface area contributed by atoms with Gasteiger partial charge in [-0.15, -0.1) is 0 Å². The summed E-state index contributed by atoms with van der Waals surface area (Å²) in [7, 11) is -3.40. The van der Waals surface area contributed by atoms with E-state index in [1.807, 2.05) is 0 Å². The van der Waals surface area contributed by atoms with Crippen molar-refractivity contribution in [2.45, 2.75) is 20.3 Å². The van der Waals surface area contributed by atoms with Crippen molar-refractivity contribution in [1.82, 2.24) is 4.98 Å². The number of amides is 1. The number of sulfonamides is 1. The molecule has 6 nitrogen and oxygen atoms in total. The molecule has 2 aromatic rings. The summed E-state index contributed by atoms with van der Waals surface area (Å²) < 4.78 is 26.4. The summed E-state index contributed by atoms with van der Waals surface area (Å²) in [4.78, 5) is 16.1. The maximum atomic E-state index is 12.3. The average Bonchev–Trinajstić information content (AvgIpc) is 2.51. The summed E-state index contributed by atoms with van der Waals surface area (Å²) in [6.07, 6.45) is 1.97. The number of nitrogens with zero attached hydrogens (tertiary/aromatic N) is 1. The number of carbonyl (C=O) groups is 1. The van der Waals surface area contributed by atoms with Gasteiger partial charge in [0.2, 0.25) is 10.0 Å². The number of carbonyl (C=O) groups excluding carboxylic acids is 1. The second-order valence-electron chi connectivity index (χ2n) is 5.22. The number of anilines is 2. The molecule has 0 unspecified atom stereocenters. The number of pyridine rings is 1. The fourth-order valence-electron chi connectivity index (χ4n) is 2.11. The first kappa shape index (κ1) is 18.2. The molecule has 24 heavy (non-hydrogen) atoms. The monoisotopic (exact) mass is 367 g/mol. The van der Waals surface area contributed by atoms with Gasteiger partial charge in [-0.05, 0) is 43.2 Å². The van der Waals surface area contributed by atoms with E-state index in [0.717, 1.165) is 0 Å². The van der Waals surface area contributed by atoms with Crippen LogP contribution in [0.4, 0.5) is 11.4 Å². The molecule has 0 bridgehead atoms. The fraction of sp³-hybridized carbons (Fsp3) is 0.250. The van der Waals surface area contributed by atoms with E-state index < -0.39 is 10.0 Å². The molecular weight excluding hydrogens is 350 g/mol. The summed E-state index contributed by atoms with van der Waals surface area (Å²) in [6.45, 7) is 3.53. The van der Waals surface area contributed by atoms with Crippen LogP contribution in [-0.2, 0) is 10.0 Å². The second kappa shape index (κ2) is 7.63. The van der Waals surface area contributed by atoms with Crippen molar-refractivity contribution in [3.63, 3.8) is 0 Å². The van der Waals surface area contributed by atoms with Gasteiger partial charge in [0.1, 0.15) is 5.15 Å². The normalized spacial score (nSPS) is 11.1. The summed E-state index contributed by atoms with van der Waals surface area (Å²) in [5, 5.41) is 2.97. The third-order valence-electron chi connectivity index (χ3n) is 3.31. The Bertz CT molecular complexity index is 853. The first-order chi connectivity index (χ1) is 11.3. The van der Waals surface area contributed by atoms with Gasteiger partial charge < -0.3 is 5.32 Å². The van der Waals surface area contributed by atoms with E-state index in [0.29, 0.717) is 28.9 Å². The maximum absolute atomic E-state index is 12.3. The van der Waals surface area contributed by atoms with Gasteiger partial charge in [0.05, 0.1) is 11.4 Å². The van der Waals surface area contributed by atoms with Gasteiger partial charge in [0.15, 0.2) is 0 Å². The minimum absolute atomic E-state index is 0.0402. The molecule has 0 saturated carbocycles. The molecule has 1 heterocycles. The molecule has 8 heteroatoms. The van der Waals surface area contributed by atoms with Crippen LogP contribution in [0.2, 0.25) is 5.15 Å². The van der Waals surface area contributed by atoms with Crippen molar-refractivity contribution in [2.24, 2.45) is 0 Å². The van der Waals surface area contributed by atoms with Crippen molar-refractivity contribution >= 4 is 38.9 Å². The first-order valence-electron chi connectivity index (χ1n) is 7.35. The molecule has 128 valence electrons. The number of halogens is 1. The number of hydrogen-bond acceptors (Lipinski definition) is 4. The zero-order valence-electron chi connectivity index (χ0n) is 13.3. The van der Waals surface area contributed by atoms with Gasteiger partial charge in [-0.3, -0.25) is 9.52 Å². The van der Waals surface area contributed by atoms with E-state index >= 15 is 0 Å². The Kier molecular flexibility index (Phi) is 5.80. The van der Waals surface area contributed by atoms with Crippen molar-refractivity contribution in [3.8, 4) is 0 Å². The maximum Gasteiger partial charge on any atom is 0.255 e. The zero-order valence-corrected chi connectivity index (χ0v) is 14.9. The number of nitrogens with one attached hydrogen (secondary N) is 2. The molecule has 2 N–H and O–H groups in total. The van der Waals surface area contributed by atoms with Crippen molar-refractivity contribution in [2.75, 3.05) is 15.8 Å². The Morgan fingerprint density at radius 3 is 2.62 bits per heavy atom. The van der Waals surface area contributed by atoms with Crippen LogP contribution in [0.15, 0.2) is 36.5 Å². The largest absolute Gasteiger partial charge is 0.322 e. The Labute approximate surface area is 146 Å². The van der Waals surface area contributed by atoms with Crippen LogP contribution in [0.1, 0.15) is 29.3 Å². The SMILES string of the molecule is CCCS(=O)(=O)Nc1cccc(NC(=O)c2ccnc(Cl)c2)c1C. The van der Waals surface area contributed by atoms with E-state index in [1.165, 1.54) is 12.3 Å². The number of rotatable bonds is 6. The van der Waals surface area contributed by atoms with E-state index in [-0.39, 0.29) is 16.8 Å². The number of aromatic nitrogens is 1. The number of benzene rings is 1. The molecule has 0 aliphatic carbocycles. The topological polar surface area (TPSA) is 88.2 Å². The molecule has 1 amide bonds. The lowest BCUT2D eigenvalue weighted by Gasteiger charge is -2.14. The van der Waals surface area contributed by atoms with E-state index in [2.05, 4.69) is 15.0 Å². The van der Waals surface area contributed by atoms with Gasteiger partial charge in [-0.2, -0.15) is 0 Å². The van der Waals surface area contributed by atoms with Gasteiger partial charge in [0.25, 0.3) is 5.91 Å². The molecule has 0 atom stereocenters. The van der Waals surface area contributed by atoms with Gasteiger partial charge in [0, 0.05) is 17.4 Å². The third-order valence-corrected chi connectivity index (χ3v) is 4.99. The summed E-state index contributed by atoms with van der Waals surface area (Å²) >= 11 is 5.78. The molecule has 0 spiro atoms. The molecule has 0 aliphatic rings. The molecule has 1 aromatic carbocycles. The van der Waals surface area contributed by atoms with Crippen LogP contribution in [-0.4, -0.2) is 25.1 Å². The second-order valence-corrected chi connectivity index (χ2v) is 7.45. The van der Waals surface area contributed by atoms with Crippen LogP contribution >= 0.6 is 11.6 Å². The molecule has 0 radical (unpaired) electrons. The molecule has 0 saturated heterocycles. The highest BCUT2D eigenvalue weighted by atomic mass is 35.5. The minimum atomic E-state index is -3.40. The fourth-order valence-corrected chi connectivity index (χ4v) is 3.48. The molecule has 1 aromatic heterocycles.